The summed E-state index contributed by atoms with van der Waals surface area (Å²) >= 11 is 0. The summed E-state index contributed by atoms with van der Waals surface area (Å²) in [7, 11) is -3.70. The number of hydrogen-bond donors (Lipinski definition) is 2. The number of benzene rings is 3. The Labute approximate surface area is 191 Å². The molecule has 0 spiro atoms. The lowest BCUT2D eigenvalue weighted by Gasteiger charge is -2.15. The smallest absolute Gasteiger partial charge is 0.322 e. The van der Waals surface area contributed by atoms with Crippen LogP contribution in [0.4, 0.5) is 24.5 Å². The highest BCUT2D eigenvalue weighted by molar-refractivity contribution is 7.92. The van der Waals surface area contributed by atoms with Gasteiger partial charge in [0.1, 0.15) is 0 Å². The van der Waals surface area contributed by atoms with Gasteiger partial charge < -0.3 is 5.32 Å². The topological polar surface area (TPSA) is 75.3 Å². The van der Waals surface area contributed by atoms with E-state index in [-0.39, 0.29) is 16.9 Å². The quantitative estimate of drug-likeness (QED) is 0.450. The standard InChI is InChI=1S/C22H19F3N2O3S.C2H6/c1-14-10-17(22(23,24)25)13-18(11-14)26-21(28)19-12-16(15-6-4-3-5-7-15)8-9-20(19)27-31(2,29)30;1-2/h3-13,27H,1-2H3,(H,26,28);1-2H3. The lowest BCUT2D eigenvalue weighted by Crippen LogP contribution is -2.18. The minimum atomic E-state index is -4.57. The van der Waals surface area contributed by atoms with E-state index in [1.165, 1.54) is 25.1 Å². The molecule has 0 radical (unpaired) electrons. The molecule has 3 aromatic carbocycles. The van der Waals surface area contributed by atoms with Gasteiger partial charge in [-0.15, -0.1) is 0 Å². The molecule has 1 amide bonds. The van der Waals surface area contributed by atoms with Crippen molar-refractivity contribution in [3.05, 3.63) is 83.4 Å². The number of rotatable bonds is 5. The summed E-state index contributed by atoms with van der Waals surface area (Å²) in [5.41, 5.74) is 0.799. The first kappa shape index (κ1) is 25.9. The number of halogens is 3. The SMILES string of the molecule is CC.Cc1cc(NC(=O)c2cc(-c3ccccc3)ccc2NS(C)(=O)=O)cc(C(F)(F)F)c1. The van der Waals surface area contributed by atoms with Crippen molar-refractivity contribution < 1.29 is 26.4 Å². The number of nitrogens with one attached hydrogen (secondary N) is 2. The zero-order chi connectivity index (χ0) is 24.8. The first-order valence-electron chi connectivity index (χ1n) is 10.1. The third-order valence-electron chi connectivity index (χ3n) is 4.33. The van der Waals surface area contributed by atoms with E-state index in [0.717, 1.165) is 24.0 Å². The molecule has 0 bridgehead atoms. The van der Waals surface area contributed by atoms with Crippen LogP contribution < -0.4 is 10.0 Å². The van der Waals surface area contributed by atoms with Crippen LogP contribution in [-0.4, -0.2) is 20.6 Å². The molecule has 176 valence electrons. The van der Waals surface area contributed by atoms with E-state index in [2.05, 4.69) is 10.0 Å². The van der Waals surface area contributed by atoms with Gasteiger partial charge >= 0.3 is 6.18 Å². The van der Waals surface area contributed by atoms with Crippen molar-refractivity contribution in [3.63, 3.8) is 0 Å². The Morgan fingerprint density at radius 2 is 1.52 bits per heavy atom. The van der Waals surface area contributed by atoms with Crippen LogP contribution in [0, 0.1) is 6.92 Å². The van der Waals surface area contributed by atoms with E-state index in [1.807, 2.05) is 44.2 Å². The van der Waals surface area contributed by atoms with Gasteiger partial charge in [0, 0.05) is 5.69 Å². The fraction of sp³-hybridized carbons (Fsp3) is 0.208. The second kappa shape index (κ2) is 10.5. The maximum absolute atomic E-state index is 13.1. The molecule has 0 atom stereocenters. The first-order chi connectivity index (χ1) is 15.4. The fourth-order valence-corrected chi connectivity index (χ4v) is 3.63. The van der Waals surface area contributed by atoms with E-state index in [1.54, 1.807) is 6.07 Å². The van der Waals surface area contributed by atoms with Crippen molar-refractivity contribution in [2.75, 3.05) is 16.3 Å². The number of sulfonamides is 1. The van der Waals surface area contributed by atoms with Gasteiger partial charge in [-0.2, -0.15) is 13.2 Å². The largest absolute Gasteiger partial charge is 0.416 e. The Morgan fingerprint density at radius 1 is 0.879 bits per heavy atom. The molecule has 0 saturated carbocycles. The lowest BCUT2D eigenvalue weighted by atomic mass is 10.0. The molecule has 3 rings (SSSR count). The van der Waals surface area contributed by atoms with Crippen molar-refractivity contribution in [3.8, 4) is 11.1 Å². The molecule has 2 N–H and O–H groups in total. The highest BCUT2D eigenvalue weighted by Crippen LogP contribution is 2.32. The van der Waals surface area contributed by atoms with Crippen molar-refractivity contribution in [1.29, 1.82) is 0 Å². The fourth-order valence-electron chi connectivity index (χ4n) is 3.05. The van der Waals surface area contributed by atoms with Crippen LogP contribution >= 0.6 is 0 Å². The summed E-state index contributed by atoms with van der Waals surface area (Å²) in [5, 5.41) is 2.44. The van der Waals surface area contributed by atoms with Crippen molar-refractivity contribution >= 4 is 27.3 Å². The molecule has 0 aromatic heterocycles. The van der Waals surface area contributed by atoms with Crippen molar-refractivity contribution in [2.45, 2.75) is 26.9 Å². The van der Waals surface area contributed by atoms with E-state index >= 15 is 0 Å². The average Bonchev–Trinajstić information content (AvgIpc) is 2.74. The second-order valence-electron chi connectivity index (χ2n) is 7.04. The summed E-state index contributed by atoms with van der Waals surface area (Å²) in [6.45, 7) is 5.48. The summed E-state index contributed by atoms with van der Waals surface area (Å²) < 4.78 is 65.0. The Hall–Kier alpha value is -3.33. The van der Waals surface area contributed by atoms with Gasteiger partial charge in [0.2, 0.25) is 10.0 Å². The number of alkyl halides is 3. The van der Waals surface area contributed by atoms with E-state index in [4.69, 9.17) is 0 Å². The van der Waals surface area contributed by atoms with Crippen LogP contribution in [0.2, 0.25) is 0 Å². The summed E-state index contributed by atoms with van der Waals surface area (Å²) in [5.74, 6) is -0.748. The van der Waals surface area contributed by atoms with E-state index < -0.39 is 27.7 Å². The number of amides is 1. The summed E-state index contributed by atoms with van der Waals surface area (Å²) in [6, 6.07) is 16.9. The van der Waals surface area contributed by atoms with Crippen molar-refractivity contribution in [2.24, 2.45) is 0 Å². The molecule has 0 aliphatic heterocycles. The molecule has 3 aromatic rings. The highest BCUT2D eigenvalue weighted by atomic mass is 32.2. The second-order valence-corrected chi connectivity index (χ2v) is 8.79. The number of aryl methyl sites for hydroxylation is 1. The normalized spacial score (nSPS) is 11.2. The van der Waals surface area contributed by atoms with Crippen LogP contribution in [-0.2, 0) is 16.2 Å². The van der Waals surface area contributed by atoms with Crippen LogP contribution in [0.15, 0.2) is 66.7 Å². The van der Waals surface area contributed by atoms with Gasteiger partial charge in [-0.1, -0.05) is 50.2 Å². The van der Waals surface area contributed by atoms with Crippen LogP contribution in [0.1, 0.15) is 35.3 Å². The molecule has 0 unspecified atom stereocenters. The lowest BCUT2D eigenvalue weighted by molar-refractivity contribution is -0.137. The molecule has 33 heavy (non-hydrogen) atoms. The average molecular weight is 479 g/mol. The monoisotopic (exact) mass is 478 g/mol. The molecule has 0 fully saturated rings. The van der Waals surface area contributed by atoms with E-state index in [9.17, 15) is 26.4 Å². The highest BCUT2D eigenvalue weighted by Gasteiger charge is 2.31. The number of anilines is 2. The number of carbonyl (C=O) groups excluding carboxylic acids is 1. The number of hydrogen-bond acceptors (Lipinski definition) is 3. The molecule has 0 aliphatic rings. The number of carbonyl (C=O) groups is 1. The Bertz CT molecular complexity index is 1230. The molecular formula is C24H25F3N2O3S. The molecule has 0 heterocycles. The summed E-state index contributed by atoms with van der Waals surface area (Å²) in [4.78, 5) is 12.9. The molecule has 5 nitrogen and oxygen atoms in total. The molecule has 0 saturated heterocycles. The third kappa shape index (κ3) is 7.35. The van der Waals surface area contributed by atoms with Crippen LogP contribution in [0.5, 0.6) is 0 Å². The van der Waals surface area contributed by atoms with E-state index in [0.29, 0.717) is 11.1 Å². The predicted octanol–water partition coefficient (Wildman–Crippen LogP) is 6.33. The maximum Gasteiger partial charge on any atom is 0.416 e. The zero-order valence-corrected chi connectivity index (χ0v) is 19.4. The Balaban J connectivity index is 0.00000187. The molecule has 0 aliphatic carbocycles. The Kier molecular flexibility index (Phi) is 8.27. The minimum Gasteiger partial charge on any atom is -0.322 e. The minimum absolute atomic E-state index is 0.0170. The third-order valence-corrected chi connectivity index (χ3v) is 4.92. The van der Waals surface area contributed by atoms with Crippen LogP contribution in [0.25, 0.3) is 11.1 Å². The maximum atomic E-state index is 13.1. The molecular weight excluding hydrogens is 453 g/mol. The zero-order valence-electron chi connectivity index (χ0n) is 18.6. The predicted molar refractivity (Wildman–Crippen MR) is 126 cm³/mol. The van der Waals surface area contributed by atoms with Gasteiger partial charge in [0.05, 0.1) is 23.1 Å². The van der Waals surface area contributed by atoms with Gasteiger partial charge in [-0.3, -0.25) is 9.52 Å². The Morgan fingerprint density at radius 3 is 2.09 bits per heavy atom. The van der Waals surface area contributed by atoms with Crippen LogP contribution in [0.3, 0.4) is 0 Å². The summed E-state index contributed by atoms with van der Waals surface area (Å²) in [6.07, 6.45) is -3.63. The van der Waals surface area contributed by atoms with Gasteiger partial charge in [-0.05, 0) is 53.9 Å². The van der Waals surface area contributed by atoms with Gasteiger partial charge in [0.25, 0.3) is 5.91 Å². The molecule has 9 heteroatoms. The first-order valence-corrected chi connectivity index (χ1v) is 12.0. The van der Waals surface area contributed by atoms with Gasteiger partial charge in [-0.25, -0.2) is 8.42 Å². The van der Waals surface area contributed by atoms with Crippen molar-refractivity contribution in [1.82, 2.24) is 0 Å². The van der Waals surface area contributed by atoms with Gasteiger partial charge in [0.15, 0.2) is 0 Å².